The quantitative estimate of drug-likeness (QED) is 0.545. The summed E-state index contributed by atoms with van der Waals surface area (Å²) in [6, 6.07) is 21.7. The van der Waals surface area contributed by atoms with Crippen LogP contribution in [0.3, 0.4) is 0 Å². The smallest absolute Gasteiger partial charge is 0.0222 e. The lowest BCUT2D eigenvalue weighted by molar-refractivity contribution is 0.823. The Morgan fingerprint density at radius 1 is 0.700 bits per heavy atom. The average Bonchev–Trinajstić information content (AvgIpc) is 2.53. The maximum Gasteiger partial charge on any atom is -0.0222 e. The second-order valence-corrected chi connectivity index (χ2v) is 5.15. The second-order valence-electron chi connectivity index (χ2n) is 5.15. The number of hydrogen-bond acceptors (Lipinski definition) is 0. The maximum absolute atomic E-state index is 2.26. The van der Waals surface area contributed by atoms with Crippen molar-refractivity contribution in [3.63, 3.8) is 0 Å². The summed E-state index contributed by atoms with van der Waals surface area (Å²) in [5, 5.41) is 0. The first-order chi connectivity index (χ1) is 9.86. The normalized spacial score (nSPS) is 12.1. The fraction of sp³-hybridized carbons (Fsp3) is 0.300. The molecule has 0 saturated heterocycles. The summed E-state index contributed by atoms with van der Waals surface area (Å²) in [7, 11) is 0. The molecule has 0 nitrogen and oxygen atoms in total. The van der Waals surface area contributed by atoms with Crippen molar-refractivity contribution in [1.82, 2.24) is 0 Å². The van der Waals surface area contributed by atoms with Crippen molar-refractivity contribution in [2.24, 2.45) is 0 Å². The molecule has 0 unspecified atom stereocenters. The van der Waals surface area contributed by atoms with Gasteiger partial charge in [0.15, 0.2) is 0 Å². The van der Waals surface area contributed by atoms with E-state index in [0.29, 0.717) is 0 Å². The molecule has 0 heterocycles. The summed E-state index contributed by atoms with van der Waals surface area (Å²) in [6.07, 6.45) is 4.74. The monoisotopic (exact) mass is 264 g/mol. The Morgan fingerprint density at radius 3 is 1.65 bits per heavy atom. The Labute approximate surface area is 123 Å². The lowest BCUT2D eigenvalue weighted by Crippen LogP contribution is -1.93. The number of benzene rings is 2. The number of rotatable bonds is 6. The van der Waals surface area contributed by atoms with Gasteiger partial charge >= 0.3 is 0 Å². The van der Waals surface area contributed by atoms with E-state index in [9.17, 15) is 0 Å². The molecule has 0 aromatic heterocycles. The molecule has 0 saturated carbocycles. The number of hydrogen-bond donors (Lipinski definition) is 0. The summed E-state index contributed by atoms with van der Waals surface area (Å²) in [6.45, 7) is 4.52. The van der Waals surface area contributed by atoms with Gasteiger partial charge in [-0.3, -0.25) is 0 Å². The van der Waals surface area contributed by atoms with Crippen molar-refractivity contribution in [3.8, 4) is 0 Å². The van der Waals surface area contributed by atoms with E-state index in [1.807, 2.05) is 0 Å². The molecule has 0 radical (unpaired) electrons. The topological polar surface area (TPSA) is 0 Å². The highest BCUT2D eigenvalue weighted by Crippen LogP contribution is 2.32. The van der Waals surface area contributed by atoms with E-state index in [1.165, 1.54) is 41.5 Å². The van der Waals surface area contributed by atoms with E-state index in [2.05, 4.69) is 74.5 Å². The molecule has 104 valence electrons. The van der Waals surface area contributed by atoms with Crippen molar-refractivity contribution >= 4 is 11.1 Å². The zero-order chi connectivity index (χ0) is 14.2. The summed E-state index contributed by atoms with van der Waals surface area (Å²) in [5.74, 6) is 0. The minimum absolute atomic E-state index is 1.08. The molecular formula is C20H24. The van der Waals surface area contributed by atoms with Crippen molar-refractivity contribution in [1.29, 1.82) is 0 Å². The molecule has 0 spiro atoms. The van der Waals surface area contributed by atoms with Crippen molar-refractivity contribution < 1.29 is 0 Å². The van der Waals surface area contributed by atoms with E-state index in [-0.39, 0.29) is 0 Å². The highest BCUT2D eigenvalue weighted by molar-refractivity contribution is 5.90. The molecule has 0 heteroatoms. The maximum atomic E-state index is 2.26. The van der Waals surface area contributed by atoms with Crippen LogP contribution < -0.4 is 0 Å². The Morgan fingerprint density at radius 2 is 1.20 bits per heavy atom. The van der Waals surface area contributed by atoms with Gasteiger partial charge in [-0.05, 0) is 41.5 Å². The van der Waals surface area contributed by atoms with Gasteiger partial charge in [0.2, 0.25) is 0 Å². The fourth-order valence-electron chi connectivity index (χ4n) is 2.69. The zero-order valence-corrected chi connectivity index (χ0v) is 12.6. The van der Waals surface area contributed by atoms with E-state index >= 15 is 0 Å². The molecule has 0 atom stereocenters. The second kappa shape index (κ2) is 7.69. The minimum atomic E-state index is 1.08. The summed E-state index contributed by atoms with van der Waals surface area (Å²) >= 11 is 0. The Balaban J connectivity index is 2.49. The summed E-state index contributed by atoms with van der Waals surface area (Å²) in [5.41, 5.74) is 5.75. The largest absolute Gasteiger partial charge is 0.0654 e. The highest BCUT2D eigenvalue weighted by atomic mass is 14.1. The third-order valence-electron chi connectivity index (χ3n) is 3.74. The van der Waals surface area contributed by atoms with Crippen molar-refractivity contribution in [2.75, 3.05) is 0 Å². The van der Waals surface area contributed by atoms with Crippen LogP contribution >= 0.6 is 0 Å². The van der Waals surface area contributed by atoms with Crippen LogP contribution in [0, 0.1) is 0 Å². The predicted octanol–water partition coefficient (Wildman–Crippen LogP) is 6.20. The summed E-state index contributed by atoms with van der Waals surface area (Å²) < 4.78 is 0. The van der Waals surface area contributed by atoms with Crippen LogP contribution in [-0.4, -0.2) is 0 Å². The standard InChI is InChI=1S/C20H24/c1-3-5-16-20(18-14-10-7-11-15-18)19(4-2)17-12-8-6-9-13-17/h6-15H,3-5,16H2,1-2H3/b20-19-. The molecule has 0 N–H and O–H groups in total. The summed E-state index contributed by atoms with van der Waals surface area (Å²) in [4.78, 5) is 0. The Bertz CT molecular complexity index is 535. The molecule has 0 aliphatic rings. The predicted molar refractivity (Wildman–Crippen MR) is 89.5 cm³/mol. The van der Waals surface area contributed by atoms with Gasteiger partial charge < -0.3 is 0 Å². The van der Waals surface area contributed by atoms with Gasteiger partial charge in [0.25, 0.3) is 0 Å². The van der Waals surface area contributed by atoms with E-state index in [0.717, 1.165) is 6.42 Å². The van der Waals surface area contributed by atoms with Gasteiger partial charge in [0.05, 0.1) is 0 Å². The van der Waals surface area contributed by atoms with Gasteiger partial charge in [-0.2, -0.15) is 0 Å². The number of unbranched alkanes of at least 4 members (excludes halogenated alkanes) is 1. The van der Waals surface area contributed by atoms with Crippen LogP contribution in [-0.2, 0) is 0 Å². The Kier molecular flexibility index (Phi) is 5.61. The van der Waals surface area contributed by atoms with E-state index in [1.54, 1.807) is 0 Å². The Hall–Kier alpha value is -1.82. The van der Waals surface area contributed by atoms with Gasteiger partial charge in [-0.1, -0.05) is 80.9 Å². The van der Waals surface area contributed by atoms with E-state index < -0.39 is 0 Å². The zero-order valence-electron chi connectivity index (χ0n) is 12.6. The first kappa shape index (κ1) is 14.6. The fourth-order valence-corrected chi connectivity index (χ4v) is 2.69. The molecule has 0 amide bonds. The van der Waals surface area contributed by atoms with Crippen molar-refractivity contribution in [2.45, 2.75) is 39.5 Å². The van der Waals surface area contributed by atoms with Crippen molar-refractivity contribution in [3.05, 3.63) is 71.8 Å². The van der Waals surface area contributed by atoms with E-state index in [4.69, 9.17) is 0 Å². The number of allylic oxidation sites excluding steroid dienone is 2. The van der Waals surface area contributed by atoms with Crippen LogP contribution in [0.25, 0.3) is 11.1 Å². The van der Waals surface area contributed by atoms with Crippen LogP contribution in [0.2, 0.25) is 0 Å². The minimum Gasteiger partial charge on any atom is -0.0654 e. The van der Waals surface area contributed by atoms with Gasteiger partial charge in [0, 0.05) is 0 Å². The van der Waals surface area contributed by atoms with Gasteiger partial charge in [-0.25, -0.2) is 0 Å². The molecule has 0 aliphatic heterocycles. The van der Waals surface area contributed by atoms with Crippen LogP contribution in [0.5, 0.6) is 0 Å². The molecule has 2 aromatic carbocycles. The lowest BCUT2D eigenvalue weighted by atomic mass is 9.90. The lowest BCUT2D eigenvalue weighted by Gasteiger charge is -2.15. The van der Waals surface area contributed by atoms with Crippen LogP contribution in [0.1, 0.15) is 50.7 Å². The third kappa shape index (κ3) is 3.60. The van der Waals surface area contributed by atoms with Gasteiger partial charge in [0.1, 0.15) is 0 Å². The van der Waals surface area contributed by atoms with Gasteiger partial charge in [-0.15, -0.1) is 0 Å². The highest BCUT2D eigenvalue weighted by Gasteiger charge is 2.09. The molecule has 2 rings (SSSR count). The molecule has 0 fully saturated rings. The molecule has 20 heavy (non-hydrogen) atoms. The first-order valence-electron chi connectivity index (χ1n) is 7.69. The first-order valence-corrected chi connectivity index (χ1v) is 7.69. The van der Waals surface area contributed by atoms with Crippen LogP contribution in [0.15, 0.2) is 60.7 Å². The van der Waals surface area contributed by atoms with Crippen LogP contribution in [0.4, 0.5) is 0 Å². The molecule has 0 bridgehead atoms. The molecular weight excluding hydrogens is 240 g/mol. The SMILES string of the molecule is CCCC/C(=C(\CC)c1ccccc1)c1ccccc1. The third-order valence-corrected chi connectivity index (χ3v) is 3.74. The average molecular weight is 264 g/mol. The molecule has 0 aliphatic carbocycles. The molecule has 2 aromatic rings.